The van der Waals surface area contributed by atoms with Gasteiger partial charge in [0.1, 0.15) is 12.7 Å². The standard InChI is InChI=1S/C21H21NO6/c23-18-12-27-10-9-21(18,19(24)25)22-20(26)28-11-17-15-7-3-1-5-13(15)14-6-2-4-8-16(14)17/h1-8,17-18,23H,9-12H2,(H,22,26)(H,24,25)/t18-,21-/m1/s1. The highest BCUT2D eigenvalue weighted by Crippen LogP contribution is 2.44. The molecule has 0 spiro atoms. The SMILES string of the molecule is O=C(N[C@]1(C(=O)O)CCOC[C@H]1O)OCC1c2ccccc2-c2ccccc21. The molecule has 1 aliphatic carbocycles. The fourth-order valence-corrected chi connectivity index (χ4v) is 4.00. The monoisotopic (exact) mass is 383 g/mol. The second-order valence-electron chi connectivity index (χ2n) is 7.07. The van der Waals surface area contributed by atoms with Crippen molar-refractivity contribution < 1.29 is 29.3 Å². The summed E-state index contributed by atoms with van der Waals surface area (Å²) in [6.07, 6.45) is -2.25. The van der Waals surface area contributed by atoms with Crippen LogP contribution in [0.25, 0.3) is 11.1 Å². The molecule has 7 nitrogen and oxygen atoms in total. The van der Waals surface area contributed by atoms with Gasteiger partial charge in [-0.1, -0.05) is 48.5 Å². The number of carbonyl (C=O) groups is 2. The predicted octanol–water partition coefficient (Wildman–Crippen LogP) is 2.13. The summed E-state index contributed by atoms with van der Waals surface area (Å²) in [4.78, 5) is 24.1. The van der Waals surface area contributed by atoms with Crippen molar-refractivity contribution in [1.82, 2.24) is 5.32 Å². The second-order valence-corrected chi connectivity index (χ2v) is 7.07. The minimum atomic E-state index is -1.80. The maximum atomic E-state index is 12.4. The van der Waals surface area contributed by atoms with Gasteiger partial charge in [-0.3, -0.25) is 0 Å². The van der Waals surface area contributed by atoms with E-state index in [1.807, 2.05) is 48.5 Å². The van der Waals surface area contributed by atoms with E-state index in [1.165, 1.54) is 0 Å². The highest BCUT2D eigenvalue weighted by molar-refractivity contribution is 5.85. The highest BCUT2D eigenvalue weighted by atomic mass is 16.6. The molecule has 1 amide bonds. The highest BCUT2D eigenvalue weighted by Gasteiger charge is 2.49. The molecule has 0 aromatic heterocycles. The second kappa shape index (κ2) is 7.26. The number of aliphatic carboxylic acids is 1. The lowest BCUT2D eigenvalue weighted by atomic mass is 9.87. The summed E-state index contributed by atoms with van der Waals surface area (Å²) in [5.41, 5.74) is 2.54. The van der Waals surface area contributed by atoms with E-state index in [2.05, 4.69) is 5.32 Å². The smallest absolute Gasteiger partial charge is 0.408 e. The number of carboxylic acid groups (broad SMARTS) is 1. The third kappa shape index (κ3) is 3.02. The Morgan fingerprint density at radius 2 is 1.71 bits per heavy atom. The molecular weight excluding hydrogens is 362 g/mol. The number of carbonyl (C=O) groups excluding carboxylic acids is 1. The first kappa shape index (κ1) is 18.5. The fraction of sp³-hybridized carbons (Fsp3) is 0.333. The number of hydrogen-bond donors (Lipinski definition) is 3. The molecule has 0 unspecified atom stereocenters. The number of ether oxygens (including phenoxy) is 2. The van der Waals surface area contributed by atoms with Crippen molar-refractivity contribution in [2.24, 2.45) is 0 Å². The van der Waals surface area contributed by atoms with Gasteiger partial charge in [-0.2, -0.15) is 0 Å². The number of fused-ring (bicyclic) bond motifs is 3. The topological polar surface area (TPSA) is 105 Å². The summed E-state index contributed by atoms with van der Waals surface area (Å²) in [6.45, 7) is 0.0468. The molecule has 4 rings (SSSR count). The van der Waals surface area contributed by atoms with Gasteiger partial charge in [-0.15, -0.1) is 0 Å². The Hall–Kier alpha value is -2.90. The van der Waals surface area contributed by atoms with E-state index in [1.54, 1.807) is 0 Å². The van der Waals surface area contributed by atoms with Crippen molar-refractivity contribution in [3.8, 4) is 11.1 Å². The Morgan fingerprint density at radius 1 is 1.11 bits per heavy atom. The summed E-state index contributed by atoms with van der Waals surface area (Å²) in [6, 6.07) is 15.9. The van der Waals surface area contributed by atoms with Crippen LogP contribution in [0.3, 0.4) is 0 Å². The first-order valence-electron chi connectivity index (χ1n) is 9.15. The number of rotatable bonds is 4. The van der Waals surface area contributed by atoms with Gasteiger partial charge in [0.15, 0.2) is 5.54 Å². The van der Waals surface area contributed by atoms with Crippen molar-refractivity contribution in [3.63, 3.8) is 0 Å². The summed E-state index contributed by atoms with van der Waals surface area (Å²) < 4.78 is 10.5. The Kier molecular flexibility index (Phi) is 4.78. The van der Waals surface area contributed by atoms with Gasteiger partial charge < -0.3 is 25.0 Å². The third-order valence-corrected chi connectivity index (χ3v) is 5.54. The average Bonchev–Trinajstić information content (AvgIpc) is 3.02. The molecule has 1 fully saturated rings. The normalized spacial score (nSPS) is 23.5. The molecule has 0 radical (unpaired) electrons. The summed E-state index contributed by atoms with van der Waals surface area (Å²) >= 11 is 0. The number of aliphatic hydroxyl groups excluding tert-OH is 1. The lowest BCUT2D eigenvalue weighted by Gasteiger charge is -2.37. The molecule has 1 aliphatic heterocycles. The molecule has 146 valence electrons. The average molecular weight is 383 g/mol. The van der Waals surface area contributed by atoms with Gasteiger partial charge in [0.05, 0.1) is 6.61 Å². The molecule has 2 atom stereocenters. The first-order chi connectivity index (χ1) is 13.5. The van der Waals surface area contributed by atoms with E-state index in [9.17, 15) is 19.8 Å². The van der Waals surface area contributed by atoms with Crippen LogP contribution in [-0.4, -0.2) is 53.7 Å². The predicted molar refractivity (Wildman–Crippen MR) is 100 cm³/mol. The fourth-order valence-electron chi connectivity index (χ4n) is 4.00. The summed E-state index contributed by atoms with van der Waals surface area (Å²) in [5.74, 6) is -1.43. The van der Waals surface area contributed by atoms with Gasteiger partial charge in [-0.25, -0.2) is 9.59 Å². The van der Waals surface area contributed by atoms with Crippen molar-refractivity contribution >= 4 is 12.1 Å². The largest absolute Gasteiger partial charge is 0.479 e. The Balaban J connectivity index is 1.50. The molecule has 1 saturated heterocycles. The molecule has 1 heterocycles. The summed E-state index contributed by atoms with van der Waals surface area (Å²) in [7, 11) is 0. The van der Waals surface area contributed by atoms with Gasteiger partial charge in [-0.05, 0) is 22.3 Å². The van der Waals surface area contributed by atoms with Crippen molar-refractivity contribution in [1.29, 1.82) is 0 Å². The lowest BCUT2D eigenvalue weighted by molar-refractivity contribution is -0.159. The van der Waals surface area contributed by atoms with E-state index in [4.69, 9.17) is 9.47 Å². The van der Waals surface area contributed by atoms with Crippen LogP contribution >= 0.6 is 0 Å². The van der Waals surface area contributed by atoms with E-state index in [0.29, 0.717) is 0 Å². The Bertz CT molecular complexity index is 868. The van der Waals surface area contributed by atoms with Gasteiger partial charge in [0, 0.05) is 18.9 Å². The number of hydrogen-bond acceptors (Lipinski definition) is 5. The van der Waals surface area contributed by atoms with E-state index >= 15 is 0 Å². The van der Waals surface area contributed by atoms with Crippen LogP contribution in [0.1, 0.15) is 23.5 Å². The zero-order valence-corrected chi connectivity index (χ0v) is 15.1. The molecule has 2 aliphatic rings. The maximum Gasteiger partial charge on any atom is 0.408 e. The molecule has 0 bridgehead atoms. The number of alkyl carbamates (subject to hydrolysis) is 1. The molecule has 3 N–H and O–H groups in total. The maximum absolute atomic E-state index is 12.4. The minimum absolute atomic E-state index is 0.0340. The minimum Gasteiger partial charge on any atom is -0.479 e. The van der Waals surface area contributed by atoms with E-state index < -0.39 is 23.7 Å². The Morgan fingerprint density at radius 3 is 2.29 bits per heavy atom. The number of benzene rings is 2. The van der Waals surface area contributed by atoms with Crippen LogP contribution < -0.4 is 5.32 Å². The van der Waals surface area contributed by atoms with Crippen molar-refractivity contribution in [3.05, 3.63) is 59.7 Å². The molecule has 2 aromatic rings. The van der Waals surface area contributed by atoms with Crippen LogP contribution in [-0.2, 0) is 14.3 Å². The van der Waals surface area contributed by atoms with Gasteiger partial charge in [0.25, 0.3) is 0 Å². The number of nitrogens with one attached hydrogen (secondary N) is 1. The zero-order chi connectivity index (χ0) is 19.7. The molecule has 2 aromatic carbocycles. The van der Waals surface area contributed by atoms with Crippen LogP contribution in [0.15, 0.2) is 48.5 Å². The number of amides is 1. The third-order valence-electron chi connectivity index (χ3n) is 5.54. The van der Waals surface area contributed by atoms with Gasteiger partial charge in [0.2, 0.25) is 0 Å². The summed E-state index contributed by atoms with van der Waals surface area (Å²) in [5, 5.41) is 22.0. The van der Waals surface area contributed by atoms with Crippen LogP contribution in [0, 0.1) is 0 Å². The van der Waals surface area contributed by atoms with E-state index in [0.717, 1.165) is 22.3 Å². The zero-order valence-electron chi connectivity index (χ0n) is 15.1. The molecule has 0 saturated carbocycles. The number of carboxylic acids is 1. The van der Waals surface area contributed by atoms with Crippen LogP contribution in [0.4, 0.5) is 4.79 Å². The van der Waals surface area contributed by atoms with Crippen LogP contribution in [0.5, 0.6) is 0 Å². The molecule has 28 heavy (non-hydrogen) atoms. The Labute approximate surface area is 161 Å². The molecular formula is C21H21NO6. The lowest BCUT2D eigenvalue weighted by Crippen LogP contribution is -2.65. The van der Waals surface area contributed by atoms with E-state index in [-0.39, 0.29) is 32.2 Å². The quantitative estimate of drug-likeness (QED) is 0.747. The van der Waals surface area contributed by atoms with Crippen molar-refractivity contribution in [2.75, 3.05) is 19.8 Å². The van der Waals surface area contributed by atoms with Gasteiger partial charge >= 0.3 is 12.1 Å². The molecule has 7 heteroatoms. The number of aliphatic hydroxyl groups is 1. The van der Waals surface area contributed by atoms with Crippen LogP contribution in [0.2, 0.25) is 0 Å². The first-order valence-corrected chi connectivity index (χ1v) is 9.15. The van der Waals surface area contributed by atoms with Crippen molar-refractivity contribution in [2.45, 2.75) is 24.0 Å².